The molecular weight excluding hydrogens is 268 g/mol. The molecule has 6 heteroatoms. The van der Waals surface area contributed by atoms with Gasteiger partial charge in [0.15, 0.2) is 0 Å². The van der Waals surface area contributed by atoms with E-state index in [0.29, 0.717) is 0 Å². The highest BCUT2D eigenvalue weighted by Crippen LogP contribution is 2.19. The van der Waals surface area contributed by atoms with Crippen LogP contribution in [0.4, 0.5) is 5.95 Å². The van der Waals surface area contributed by atoms with Crippen LogP contribution in [0.25, 0.3) is 0 Å². The summed E-state index contributed by atoms with van der Waals surface area (Å²) in [5.74, 6) is 0.799. The number of aliphatic hydroxyl groups excluding tert-OH is 1. The van der Waals surface area contributed by atoms with E-state index < -0.39 is 0 Å². The number of hydrogen-bond donors (Lipinski definition) is 1. The zero-order chi connectivity index (χ0) is 14.5. The molecule has 0 bridgehead atoms. The van der Waals surface area contributed by atoms with E-state index in [4.69, 9.17) is 9.72 Å². The number of likely N-dealkylation sites (tertiary alicyclic amines) is 1. The van der Waals surface area contributed by atoms with E-state index in [-0.39, 0.29) is 12.6 Å². The van der Waals surface area contributed by atoms with Gasteiger partial charge >= 0.3 is 0 Å². The van der Waals surface area contributed by atoms with Crippen LogP contribution in [0, 0.1) is 0 Å². The Bertz CT molecular complexity index is 451. The summed E-state index contributed by atoms with van der Waals surface area (Å²) in [4.78, 5) is 13.6. The van der Waals surface area contributed by atoms with E-state index in [1.165, 1.54) is 12.8 Å². The van der Waals surface area contributed by atoms with Crippen LogP contribution in [0.15, 0.2) is 12.3 Å². The van der Waals surface area contributed by atoms with Crippen molar-refractivity contribution in [3.63, 3.8) is 0 Å². The van der Waals surface area contributed by atoms with Crippen molar-refractivity contribution in [1.82, 2.24) is 14.9 Å². The number of rotatable bonds is 4. The lowest BCUT2D eigenvalue weighted by Gasteiger charge is -2.34. The smallest absolute Gasteiger partial charge is 0.225 e. The summed E-state index contributed by atoms with van der Waals surface area (Å²) in [5.41, 5.74) is 1.03. The molecular formula is C15H24N4O2. The molecule has 6 nitrogen and oxygen atoms in total. The van der Waals surface area contributed by atoms with Crippen molar-refractivity contribution in [2.24, 2.45) is 0 Å². The van der Waals surface area contributed by atoms with Gasteiger partial charge in [-0.2, -0.15) is 0 Å². The molecule has 3 rings (SSSR count). The number of morpholine rings is 1. The molecule has 0 unspecified atom stereocenters. The van der Waals surface area contributed by atoms with Gasteiger partial charge in [-0.05, 0) is 25.5 Å². The van der Waals surface area contributed by atoms with E-state index in [0.717, 1.165) is 57.5 Å². The molecule has 1 N–H and O–H groups in total. The number of hydrogen-bond acceptors (Lipinski definition) is 6. The van der Waals surface area contributed by atoms with Gasteiger partial charge in [0.25, 0.3) is 0 Å². The maximum absolute atomic E-state index is 9.50. The quantitative estimate of drug-likeness (QED) is 0.880. The lowest BCUT2D eigenvalue weighted by Crippen LogP contribution is -2.41. The summed E-state index contributed by atoms with van der Waals surface area (Å²) >= 11 is 0. The molecule has 116 valence electrons. The highest BCUT2D eigenvalue weighted by molar-refractivity contribution is 5.30. The number of aliphatic hydroxyl groups is 1. The molecule has 0 saturated carbocycles. The van der Waals surface area contributed by atoms with Gasteiger partial charge in [0.05, 0.1) is 25.5 Å². The van der Waals surface area contributed by atoms with Crippen LogP contribution in [-0.2, 0) is 11.3 Å². The summed E-state index contributed by atoms with van der Waals surface area (Å²) in [6.45, 7) is 5.27. The van der Waals surface area contributed by atoms with E-state index in [9.17, 15) is 5.11 Å². The number of anilines is 1. The Hall–Kier alpha value is -1.24. The zero-order valence-corrected chi connectivity index (χ0v) is 12.4. The number of aromatic nitrogens is 2. The van der Waals surface area contributed by atoms with Crippen molar-refractivity contribution in [3.05, 3.63) is 18.0 Å². The predicted molar refractivity (Wildman–Crippen MR) is 80.2 cm³/mol. The lowest BCUT2D eigenvalue weighted by molar-refractivity contribution is 0.0830. The molecule has 0 spiro atoms. The first-order valence-corrected chi connectivity index (χ1v) is 7.86. The number of ether oxygens (including phenoxy) is 1. The maximum atomic E-state index is 9.50. The number of nitrogens with zero attached hydrogens (tertiary/aromatic N) is 4. The summed E-state index contributed by atoms with van der Waals surface area (Å²) < 4.78 is 5.37. The normalized spacial score (nSPS) is 24.2. The lowest BCUT2D eigenvalue weighted by atomic mass is 10.0. The molecule has 2 aliphatic heterocycles. The van der Waals surface area contributed by atoms with Gasteiger partial charge in [0.1, 0.15) is 0 Å². The molecule has 0 amide bonds. The third-order valence-corrected chi connectivity index (χ3v) is 4.32. The van der Waals surface area contributed by atoms with Gasteiger partial charge in [-0.15, -0.1) is 0 Å². The monoisotopic (exact) mass is 292 g/mol. The van der Waals surface area contributed by atoms with Crippen molar-refractivity contribution in [3.8, 4) is 0 Å². The Morgan fingerprint density at radius 2 is 2.10 bits per heavy atom. The Morgan fingerprint density at radius 1 is 1.24 bits per heavy atom. The third-order valence-electron chi connectivity index (χ3n) is 4.32. The second-order valence-electron chi connectivity index (χ2n) is 5.75. The van der Waals surface area contributed by atoms with Gasteiger partial charge in [-0.1, -0.05) is 6.42 Å². The van der Waals surface area contributed by atoms with Gasteiger partial charge in [0.2, 0.25) is 5.95 Å². The van der Waals surface area contributed by atoms with Gasteiger partial charge in [-0.25, -0.2) is 9.97 Å². The van der Waals surface area contributed by atoms with Crippen LogP contribution in [0.5, 0.6) is 0 Å². The van der Waals surface area contributed by atoms with Crippen molar-refractivity contribution >= 4 is 5.95 Å². The van der Waals surface area contributed by atoms with Crippen LogP contribution < -0.4 is 4.90 Å². The minimum atomic E-state index is 0.238. The molecule has 0 aromatic carbocycles. The summed E-state index contributed by atoms with van der Waals surface area (Å²) in [7, 11) is 0. The SMILES string of the molecule is OC[C@H]1CCCCN1Cc1ccnc(N2CCOCC2)n1. The van der Waals surface area contributed by atoms with Crippen molar-refractivity contribution < 1.29 is 9.84 Å². The average molecular weight is 292 g/mol. The summed E-state index contributed by atoms with van der Waals surface area (Å²) in [5, 5.41) is 9.50. The van der Waals surface area contributed by atoms with Crippen molar-refractivity contribution in [1.29, 1.82) is 0 Å². The van der Waals surface area contributed by atoms with E-state index in [2.05, 4.69) is 14.8 Å². The molecule has 1 aromatic rings. The maximum Gasteiger partial charge on any atom is 0.225 e. The van der Waals surface area contributed by atoms with Crippen LogP contribution in [0.2, 0.25) is 0 Å². The fourth-order valence-corrected chi connectivity index (χ4v) is 3.07. The molecule has 21 heavy (non-hydrogen) atoms. The summed E-state index contributed by atoms with van der Waals surface area (Å²) in [6.07, 6.45) is 5.34. The second-order valence-corrected chi connectivity index (χ2v) is 5.75. The minimum Gasteiger partial charge on any atom is -0.395 e. The van der Waals surface area contributed by atoms with E-state index in [1.54, 1.807) is 0 Å². The van der Waals surface area contributed by atoms with E-state index >= 15 is 0 Å². The predicted octanol–water partition coefficient (Wildman–Crippen LogP) is 0.660. The Kier molecular flexibility index (Phi) is 5.00. The topological polar surface area (TPSA) is 61.7 Å². The van der Waals surface area contributed by atoms with Crippen LogP contribution in [0.1, 0.15) is 25.0 Å². The zero-order valence-electron chi connectivity index (χ0n) is 12.4. The molecule has 2 fully saturated rings. The first-order valence-electron chi connectivity index (χ1n) is 7.86. The first kappa shape index (κ1) is 14.7. The minimum absolute atomic E-state index is 0.238. The fourth-order valence-electron chi connectivity index (χ4n) is 3.07. The molecule has 0 radical (unpaired) electrons. The average Bonchev–Trinajstić information content (AvgIpc) is 2.56. The summed E-state index contributed by atoms with van der Waals surface area (Å²) in [6, 6.07) is 2.26. The largest absolute Gasteiger partial charge is 0.395 e. The fraction of sp³-hybridized carbons (Fsp3) is 0.733. The van der Waals surface area contributed by atoms with Crippen LogP contribution in [-0.4, -0.2) is 65.5 Å². The third kappa shape index (κ3) is 3.70. The van der Waals surface area contributed by atoms with Gasteiger partial charge in [0, 0.05) is 31.9 Å². The highest BCUT2D eigenvalue weighted by Gasteiger charge is 2.22. The second kappa shape index (κ2) is 7.15. The van der Waals surface area contributed by atoms with Gasteiger partial charge < -0.3 is 14.7 Å². The molecule has 0 aliphatic carbocycles. The van der Waals surface area contributed by atoms with Crippen molar-refractivity contribution in [2.75, 3.05) is 44.4 Å². The van der Waals surface area contributed by atoms with E-state index in [1.807, 2.05) is 12.3 Å². The highest BCUT2D eigenvalue weighted by atomic mass is 16.5. The first-order chi connectivity index (χ1) is 10.4. The Balaban J connectivity index is 1.67. The molecule has 3 heterocycles. The Labute approximate surface area is 125 Å². The molecule has 2 saturated heterocycles. The van der Waals surface area contributed by atoms with Crippen LogP contribution >= 0.6 is 0 Å². The Morgan fingerprint density at radius 3 is 2.90 bits per heavy atom. The molecule has 1 atom stereocenters. The molecule has 1 aromatic heterocycles. The van der Waals surface area contributed by atoms with Gasteiger partial charge in [-0.3, -0.25) is 4.90 Å². The van der Waals surface area contributed by atoms with Crippen LogP contribution in [0.3, 0.4) is 0 Å². The van der Waals surface area contributed by atoms with Crippen molar-refractivity contribution in [2.45, 2.75) is 31.8 Å². The number of piperidine rings is 1. The molecule has 2 aliphatic rings. The standard InChI is InChI=1S/C15H24N4O2/c20-12-14-3-1-2-6-19(14)11-13-4-5-16-15(17-13)18-7-9-21-10-8-18/h4-5,14,20H,1-3,6-12H2/t14-/m1/s1.